The standard InChI is InChI=1S/C11H15BrClN3/c1-7-2-4-8(5-3-7)15-10-9(12)6-14-11(13)16-10/h6-8H,2-5H2,1H3,(H,14,15,16)/t7-,8+. The third-order valence-corrected chi connectivity index (χ3v) is 3.83. The molecule has 88 valence electrons. The molecule has 2 rings (SSSR count). The van der Waals surface area contributed by atoms with Crippen LogP contribution in [0.3, 0.4) is 0 Å². The van der Waals surface area contributed by atoms with Gasteiger partial charge in [0.2, 0.25) is 5.28 Å². The lowest BCUT2D eigenvalue weighted by Crippen LogP contribution is -2.25. The average molecular weight is 305 g/mol. The highest BCUT2D eigenvalue weighted by Gasteiger charge is 2.19. The Morgan fingerprint density at radius 2 is 2.06 bits per heavy atom. The molecule has 1 N–H and O–H groups in total. The van der Waals surface area contributed by atoms with Crippen LogP contribution in [0.2, 0.25) is 5.28 Å². The van der Waals surface area contributed by atoms with Gasteiger partial charge in [-0.05, 0) is 59.1 Å². The van der Waals surface area contributed by atoms with Gasteiger partial charge in [-0.3, -0.25) is 0 Å². The van der Waals surface area contributed by atoms with Crippen LogP contribution in [0.15, 0.2) is 10.7 Å². The van der Waals surface area contributed by atoms with Crippen molar-refractivity contribution in [2.45, 2.75) is 38.6 Å². The van der Waals surface area contributed by atoms with Crippen molar-refractivity contribution >= 4 is 33.3 Å². The molecular weight excluding hydrogens is 289 g/mol. The lowest BCUT2D eigenvalue weighted by atomic mass is 9.87. The summed E-state index contributed by atoms with van der Waals surface area (Å²) in [5, 5.41) is 3.72. The Kier molecular flexibility index (Phi) is 4.03. The summed E-state index contributed by atoms with van der Waals surface area (Å²) in [5.41, 5.74) is 0. The average Bonchev–Trinajstić information content (AvgIpc) is 2.27. The zero-order chi connectivity index (χ0) is 11.5. The Bertz CT molecular complexity index is 364. The summed E-state index contributed by atoms with van der Waals surface area (Å²) < 4.78 is 0.871. The van der Waals surface area contributed by atoms with Crippen molar-refractivity contribution in [1.82, 2.24) is 9.97 Å². The van der Waals surface area contributed by atoms with Crippen LogP contribution >= 0.6 is 27.5 Å². The number of nitrogens with one attached hydrogen (secondary N) is 1. The summed E-state index contributed by atoms with van der Waals surface area (Å²) in [6, 6.07) is 0.512. The summed E-state index contributed by atoms with van der Waals surface area (Å²) in [7, 11) is 0. The van der Waals surface area contributed by atoms with E-state index in [1.807, 2.05) is 0 Å². The molecule has 1 saturated carbocycles. The number of hydrogen-bond acceptors (Lipinski definition) is 3. The maximum Gasteiger partial charge on any atom is 0.224 e. The van der Waals surface area contributed by atoms with Crippen molar-refractivity contribution < 1.29 is 0 Å². The van der Waals surface area contributed by atoms with E-state index in [1.54, 1.807) is 6.20 Å². The number of rotatable bonds is 2. The van der Waals surface area contributed by atoms with Crippen LogP contribution in [0.4, 0.5) is 5.82 Å². The first-order chi connectivity index (χ1) is 7.65. The monoisotopic (exact) mass is 303 g/mol. The van der Waals surface area contributed by atoms with Crippen molar-refractivity contribution in [3.05, 3.63) is 16.0 Å². The van der Waals surface area contributed by atoms with E-state index in [1.165, 1.54) is 25.7 Å². The first kappa shape index (κ1) is 12.1. The van der Waals surface area contributed by atoms with Gasteiger partial charge in [-0.1, -0.05) is 6.92 Å². The Morgan fingerprint density at radius 1 is 1.38 bits per heavy atom. The molecule has 0 saturated heterocycles. The van der Waals surface area contributed by atoms with Crippen LogP contribution in [0.25, 0.3) is 0 Å². The van der Waals surface area contributed by atoms with E-state index in [0.29, 0.717) is 6.04 Å². The third-order valence-electron chi connectivity index (χ3n) is 3.07. The molecule has 1 aliphatic rings. The third kappa shape index (κ3) is 3.08. The smallest absolute Gasteiger partial charge is 0.224 e. The van der Waals surface area contributed by atoms with Crippen molar-refractivity contribution in [3.8, 4) is 0 Å². The van der Waals surface area contributed by atoms with Crippen LogP contribution in [0, 0.1) is 5.92 Å². The summed E-state index contributed by atoms with van der Waals surface area (Å²) in [6.45, 7) is 2.31. The lowest BCUT2D eigenvalue weighted by Gasteiger charge is -2.27. The first-order valence-electron chi connectivity index (χ1n) is 5.59. The maximum atomic E-state index is 5.77. The predicted octanol–water partition coefficient (Wildman–Crippen LogP) is 3.88. The maximum absolute atomic E-state index is 5.77. The minimum Gasteiger partial charge on any atom is -0.366 e. The van der Waals surface area contributed by atoms with Gasteiger partial charge < -0.3 is 5.32 Å². The second-order valence-electron chi connectivity index (χ2n) is 4.44. The fourth-order valence-corrected chi connectivity index (χ4v) is 2.48. The van der Waals surface area contributed by atoms with Gasteiger partial charge in [-0.15, -0.1) is 0 Å². The van der Waals surface area contributed by atoms with Crippen LogP contribution in [0.1, 0.15) is 32.6 Å². The molecule has 1 aliphatic carbocycles. The molecule has 3 nitrogen and oxygen atoms in total. The number of hydrogen-bond donors (Lipinski definition) is 1. The fourth-order valence-electron chi connectivity index (χ4n) is 2.04. The molecule has 0 unspecified atom stereocenters. The van der Waals surface area contributed by atoms with E-state index in [9.17, 15) is 0 Å². The molecule has 0 aromatic carbocycles. The van der Waals surface area contributed by atoms with E-state index in [4.69, 9.17) is 11.6 Å². The highest BCUT2D eigenvalue weighted by Crippen LogP contribution is 2.28. The molecule has 16 heavy (non-hydrogen) atoms. The van der Waals surface area contributed by atoms with Gasteiger partial charge in [0.25, 0.3) is 0 Å². The van der Waals surface area contributed by atoms with Crippen molar-refractivity contribution in [2.75, 3.05) is 5.32 Å². The van der Waals surface area contributed by atoms with E-state index in [2.05, 4.69) is 38.1 Å². The van der Waals surface area contributed by atoms with Crippen LogP contribution in [-0.2, 0) is 0 Å². The second-order valence-corrected chi connectivity index (χ2v) is 5.63. The van der Waals surface area contributed by atoms with Gasteiger partial charge >= 0.3 is 0 Å². The molecular formula is C11H15BrClN3. The molecule has 1 aromatic heterocycles. The number of halogens is 2. The highest BCUT2D eigenvalue weighted by atomic mass is 79.9. The van der Waals surface area contributed by atoms with Crippen molar-refractivity contribution in [1.29, 1.82) is 0 Å². The molecule has 0 bridgehead atoms. The van der Waals surface area contributed by atoms with E-state index < -0.39 is 0 Å². The summed E-state index contributed by atoms with van der Waals surface area (Å²) in [4.78, 5) is 8.09. The van der Waals surface area contributed by atoms with Gasteiger partial charge in [0.15, 0.2) is 0 Å². The molecule has 1 aromatic rings. The Morgan fingerprint density at radius 3 is 2.75 bits per heavy atom. The Hall–Kier alpha value is -0.350. The van der Waals surface area contributed by atoms with Crippen LogP contribution in [0.5, 0.6) is 0 Å². The highest BCUT2D eigenvalue weighted by molar-refractivity contribution is 9.10. The zero-order valence-corrected chi connectivity index (χ0v) is 11.6. The Labute approximate surface area is 109 Å². The van der Waals surface area contributed by atoms with Gasteiger partial charge in [0.05, 0.1) is 4.47 Å². The second kappa shape index (κ2) is 5.32. The largest absolute Gasteiger partial charge is 0.366 e. The van der Waals surface area contributed by atoms with Crippen LogP contribution < -0.4 is 5.32 Å². The normalized spacial score (nSPS) is 25.4. The zero-order valence-electron chi connectivity index (χ0n) is 9.21. The predicted molar refractivity (Wildman–Crippen MR) is 69.8 cm³/mol. The number of anilines is 1. The van der Waals surface area contributed by atoms with Crippen molar-refractivity contribution in [3.63, 3.8) is 0 Å². The molecule has 5 heteroatoms. The Balaban J connectivity index is 2.00. The minimum atomic E-state index is 0.287. The quantitative estimate of drug-likeness (QED) is 0.843. The van der Waals surface area contributed by atoms with E-state index >= 15 is 0 Å². The van der Waals surface area contributed by atoms with E-state index in [0.717, 1.165) is 16.2 Å². The van der Waals surface area contributed by atoms with E-state index in [-0.39, 0.29) is 5.28 Å². The number of nitrogens with zero attached hydrogens (tertiary/aromatic N) is 2. The molecule has 0 atom stereocenters. The topological polar surface area (TPSA) is 37.8 Å². The fraction of sp³-hybridized carbons (Fsp3) is 0.636. The summed E-state index contributed by atoms with van der Waals surface area (Å²) in [5.74, 6) is 1.66. The minimum absolute atomic E-state index is 0.287. The number of aromatic nitrogens is 2. The van der Waals surface area contributed by atoms with Gasteiger partial charge in [0, 0.05) is 12.2 Å². The SMILES string of the molecule is C[C@H]1CC[C@@H](Nc2nc(Cl)ncc2Br)CC1. The van der Waals surface area contributed by atoms with Gasteiger partial charge in [-0.2, -0.15) is 4.98 Å². The lowest BCUT2D eigenvalue weighted by molar-refractivity contribution is 0.360. The summed E-state index contributed by atoms with van der Waals surface area (Å²) >= 11 is 9.20. The molecule has 0 spiro atoms. The first-order valence-corrected chi connectivity index (χ1v) is 6.77. The van der Waals surface area contributed by atoms with Crippen LogP contribution in [-0.4, -0.2) is 16.0 Å². The molecule has 0 amide bonds. The molecule has 0 aliphatic heterocycles. The molecule has 1 fully saturated rings. The molecule has 1 heterocycles. The van der Waals surface area contributed by atoms with Crippen molar-refractivity contribution in [2.24, 2.45) is 5.92 Å². The van der Waals surface area contributed by atoms with Gasteiger partial charge in [0.1, 0.15) is 5.82 Å². The molecule has 0 radical (unpaired) electrons. The summed E-state index contributed by atoms with van der Waals surface area (Å²) in [6.07, 6.45) is 6.66. The van der Waals surface area contributed by atoms with Gasteiger partial charge in [-0.25, -0.2) is 4.98 Å².